The molecule has 0 spiro atoms. The maximum atomic E-state index is 3.64. The van der Waals surface area contributed by atoms with Crippen LogP contribution >= 0.6 is 0 Å². The molecule has 0 saturated heterocycles. The summed E-state index contributed by atoms with van der Waals surface area (Å²) in [5.74, 6) is 0. The van der Waals surface area contributed by atoms with Gasteiger partial charge in [0.1, 0.15) is 0 Å². The maximum Gasteiger partial charge on any atom is 0.0151 e. The van der Waals surface area contributed by atoms with Gasteiger partial charge in [-0.25, -0.2) is 0 Å². The first-order valence-corrected chi connectivity index (χ1v) is 8.75. The van der Waals surface area contributed by atoms with Crippen molar-refractivity contribution in [2.75, 3.05) is 6.54 Å². The Kier molecular flexibility index (Phi) is 4.18. The van der Waals surface area contributed by atoms with E-state index in [1.807, 2.05) is 0 Å². The Labute approximate surface area is 144 Å². The summed E-state index contributed by atoms with van der Waals surface area (Å²) in [5.41, 5.74) is 5.56. The third-order valence-corrected chi connectivity index (χ3v) is 4.91. The molecule has 0 amide bonds. The molecular weight excluding hydrogens is 290 g/mol. The van der Waals surface area contributed by atoms with Gasteiger partial charge in [-0.3, -0.25) is 0 Å². The summed E-state index contributed by atoms with van der Waals surface area (Å²) >= 11 is 0. The Morgan fingerprint density at radius 3 is 2.58 bits per heavy atom. The van der Waals surface area contributed by atoms with Crippen LogP contribution in [-0.2, 0) is 6.42 Å². The van der Waals surface area contributed by atoms with Gasteiger partial charge in [0.2, 0.25) is 0 Å². The second-order valence-corrected chi connectivity index (χ2v) is 6.79. The maximum absolute atomic E-state index is 3.64. The van der Waals surface area contributed by atoms with E-state index in [-0.39, 0.29) is 0 Å². The SMILES string of the molecule is Cc1ccc2cc(C3=CCNC(Cc4ccccc4)C3)ccc2c1. The number of fused-ring (bicyclic) bond motifs is 1. The molecule has 1 nitrogen and oxygen atoms in total. The standard InChI is InChI=1S/C23H23N/c1-17-7-8-20-15-21(10-9-19(20)13-17)22-11-12-24-23(16-22)14-18-5-3-2-4-6-18/h2-11,13,15,23-24H,12,14,16H2,1H3. The third-order valence-electron chi connectivity index (χ3n) is 4.91. The van der Waals surface area contributed by atoms with Crippen molar-refractivity contribution in [1.29, 1.82) is 0 Å². The molecule has 0 bridgehead atoms. The summed E-state index contributed by atoms with van der Waals surface area (Å²) in [6.45, 7) is 3.11. The summed E-state index contributed by atoms with van der Waals surface area (Å²) in [7, 11) is 0. The Morgan fingerprint density at radius 2 is 1.71 bits per heavy atom. The van der Waals surface area contributed by atoms with Crippen molar-refractivity contribution in [1.82, 2.24) is 5.32 Å². The first kappa shape index (κ1) is 15.2. The topological polar surface area (TPSA) is 12.0 Å². The zero-order valence-corrected chi connectivity index (χ0v) is 14.1. The lowest BCUT2D eigenvalue weighted by molar-refractivity contribution is 0.533. The van der Waals surface area contributed by atoms with Gasteiger partial charge in [0.15, 0.2) is 0 Å². The van der Waals surface area contributed by atoms with Crippen molar-refractivity contribution >= 4 is 16.3 Å². The van der Waals surface area contributed by atoms with Gasteiger partial charge in [-0.15, -0.1) is 0 Å². The molecule has 1 N–H and O–H groups in total. The summed E-state index contributed by atoms with van der Waals surface area (Å²) in [4.78, 5) is 0. The molecule has 3 aromatic rings. The lowest BCUT2D eigenvalue weighted by atomic mass is 9.91. The Morgan fingerprint density at radius 1 is 0.917 bits per heavy atom. The van der Waals surface area contributed by atoms with Crippen LogP contribution in [0.5, 0.6) is 0 Å². The van der Waals surface area contributed by atoms with Gasteiger partial charge in [-0.05, 0) is 53.3 Å². The van der Waals surface area contributed by atoms with E-state index in [0.717, 1.165) is 19.4 Å². The smallest absolute Gasteiger partial charge is 0.0151 e. The zero-order valence-electron chi connectivity index (χ0n) is 14.1. The zero-order chi connectivity index (χ0) is 16.4. The van der Waals surface area contributed by atoms with Gasteiger partial charge >= 0.3 is 0 Å². The molecule has 0 saturated carbocycles. The normalized spacial score (nSPS) is 17.7. The summed E-state index contributed by atoms with van der Waals surface area (Å²) < 4.78 is 0. The van der Waals surface area contributed by atoms with E-state index in [1.54, 1.807) is 0 Å². The van der Waals surface area contributed by atoms with Crippen molar-refractivity contribution in [3.63, 3.8) is 0 Å². The van der Waals surface area contributed by atoms with Crippen molar-refractivity contribution in [2.45, 2.75) is 25.8 Å². The van der Waals surface area contributed by atoms with E-state index in [2.05, 4.69) is 85.0 Å². The van der Waals surface area contributed by atoms with Gasteiger partial charge in [-0.2, -0.15) is 0 Å². The average Bonchev–Trinajstić information content (AvgIpc) is 2.62. The van der Waals surface area contributed by atoms with E-state index in [4.69, 9.17) is 0 Å². The van der Waals surface area contributed by atoms with Gasteiger partial charge in [0.05, 0.1) is 0 Å². The minimum absolute atomic E-state index is 0.515. The second-order valence-electron chi connectivity index (χ2n) is 6.79. The largest absolute Gasteiger partial charge is 0.310 e. The van der Waals surface area contributed by atoms with Gasteiger partial charge in [0, 0.05) is 12.6 Å². The fraction of sp³-hybridized carbons (Fsp3) is 0.217. The van der Waals surface area contributed by atoms with Crippen molar-refractivity contribution in [3.8, 4) is 0 Å². The highest BCUT2D eigenvalue weighted by Gasteiger charge is 2.16. The first-order chi connectivity index (χ1) is 11.8. The van der Waals surface area contributed by atoms with Crippen LogP contribution in [0.25, 0.3) is 16.3 Å². The molecule has 24 heavy (non-hydrogen) atoms. The Balaban J connectivity index is 1.55. The number of aryl methyl sites for hydroxylation is 1. The van der Waals surface area contributed by atoms with E-state index >= 15 is 0 Å². The van der Waals surface area contributed by atoms with Crippen molar-refractivity contribution < 1.29 is 0 Å². The molecule has 0 aliphatic carbocycles. The number of hydrogen-bond acceptors (Lipinski definition) is 1. The van der Waals surface area contributed by atoms with Gasteiger partial charge in [0.25, 0.3) is 0 Å². The molecule has 0 fully saturated rings. The fourth-order valence-corrected chi connectivity index (χ4v) is 3.61. The molecule has 4 rings (SSSR count). The molecule has 120 valence electrons. The molecule has 1 aliphatic heterocycles. The lowest BCUT2D eigenvalue weighted by Crippen LogP contribution is -2.34. The van der Waals surface area contributed by atoms with Crippen LogP contribution in [0.15, 0.2) is 72.8 Å². The number of benzene rings is 3. The molecule has 1 atom stereocenters. The monoisotopic (exact) mass is 313 g/mol. The van der Waals surface area contributed by atoms with Crippen LogP contribution in [0.4, 0.5) is 0 Å². The highest BCUT2D eigenvalue weighted by molar-refractivity contribution is 5.87. The van der Waals surface area contributed by atoms with E-state index in [1.165, 1.54) is 33.0 Å². The summed E-state index contributed by atoms with van der Waals surface area (Å²) in [6, 6.07) is 24.8. The van der Waals surface area contributed by atoms with Gasteiger partial charge < -0.3 is 5.32 Å². The van der Waals surface area contributed by atoms with Crippen LogP contribution in [0.3, 0.4) is 0 Å². The Bertz CT molecular complexity index is 877. The number of hydrogen-bond donors (Lipinski definition) is 1. The van der Waals surface area contributed by atoms with Crippen LogP contribution < -0.4 is 5.32 Å². The van der Waals surface area contributed by atoms with Crippen LogP contribution in [-0.4, -0.2) is 12.6 Å². The van der Waals surface area contributed by atoms with E-state index < -0.39 is 0 Å². The molecule has 1 heterocycles. The summed E-state index contributed by atoms with van der Waals surface area (Å²) in [6.07, 6.45) is 4.52. The van der Waals surface area contributed by atoms with E-state index in [9.17, 15) is 0 Å². The Hall–Kier alpha value is -2.38. The second kappa shape index (κ2) is 6.62. The van der Waals surface area contributed by atoms with E-state index in [0.29, 0.717) is 6.04 Å². The molecule has 1 unspecified atom stereocenters. The quantitative estimate of drug-likeness (QED) is 0.706. The predicted molar refractivity (Wildman–Crippen MR) is 103 cm³/mol. The minimum Gasteiger partial charge on any atom is -0.310 e. The van der Waals surface area contributed by atoms with Crippen LogP contribution in [0.2, 0.25) is 0 Å². The predicted octanol–water partition coefficient (Wildman–Crippen LogP) is 5.14. The average molecular weight is 313 g/mol. The molecule has 3 aromatic carbocycles. The van der Waals surface area contributed by atoms with Crippen LogP contribution in [0.1, 0.15) is 23.1 Å². The minimum atomic E-state index is 0.515. The highest BCUT2D eigenvalue weighted by atomic mass is 14.9. The molecule has 0 aromatic heterocycles. The number of nitrogens with one attached hydrogen (secondary N) is 1. The third kappa shape index (κ3) is 3.27. The molecule has 1 aliphatic rings. The van der Waals surface area contributed by atoms with Gasteiger partial charge in [-0.1, -0.05) is 72.3 Å². The molecular formula is C23H23N. The highest BCUT2D eigenvalue weighted by Crippen LogP contribution is 2.27. The van der Waals surface area contributed by atoms with Crippen LogP contribution in [0, 0.1) is 6.92 Å². The number of rotatable bonds is 3. The molecule has 0 radical (unpaired) electrons. The van der Waals surface area contributed by atoms with Crippen molar-refractivity contribution in [3.05, 3.63) is 89.5 Å². The fourth-order valence-electron chi connectivity index (χ4n) is 3.61. The first-order valence-electron chi connectivity index (χ1n) is 8.75. The van der Waals surface area contributed by atoms with Crippen molar-refractivity contribution in [2.24, 2.45) is 0 Å². The summed E-state index contributed by atoms with van der Waals surface area (Å²) in [5, 5.41) is 6.29. The lowest BCUT2D eigenvalue weighted by Gasteiger charge is -2.25. The molecule has 1 heteroatoms.